The highest BCUT2D eigenvalue weighted by molar-refractivity contribution is 5.83. The summed E-state index contributed by atoms with van der Waals surface area (Å²) in [6.07, 6.45) is 5.05. The second-order valence-corrected chi connectivity index (χ2v) is 5.64. The molecule has 1 aliphatic rings. The van der Waals surface area contributed by atoms with Crippen molar-refractivity contribution in [3.05, 3.63) is 0 Å². The second-order valence-electron chi connectivity index (χ2n) is 5.64. The minimum absolute atomic E-state index is 0.0157. The van der Waals surface area contributed by atoms with Crippen molar-refractivity contribution in [3.63, 3.8) is 0 Å². The fraction of sp³-hybridized carbons (Fsp3) is 0.867. The van der Waals surface area contributed by atoms with Crippen molar-refractivity contribution < 1.29 is 9.59 Å². The van der Waals surface area contributed by atoms with E-state index >= 15 is 0 Å². The van der Waals surface area contributed by atoms with Gasteiger partial charge < -0.3 is 16.0 Å². The van der Waals surface area contributed by atoms with Gasteiger partial charge in [-0.25, -0.2) is 0 Å². The van der Waals surface area contributed by atoms with Gasteiger partial charge in [-0.1, -0.05) is 20.3 Å². The first-order valence-electron chi connectivity index (χ1n) is 7.90. The highest BCUT2D eigenvalue weighted by Gasteiger charge is 2.38. The van der Waals surface area contributed by atoms with E-state index in [1.807, 2.05) is 6.92 Å². The Morgan fingerprint density at radius 1 is 1.05 bits per heavy atom. The van der Waals surface area contributed by atoms with E-state index in [0.717, 1.165) is 45.2 Å². The number of amides is 2. The topological polar surface area (TPSA) is 70.2 Å². The van der Waals surface area contributed by atoms with Crippen LogP contribution in [0.2, 0.25) is 0 Å². The van der Waals surface area contributed by atoms with Crippen LogP contribution in [0.5, 0.6) is 0 Å². The first-order chi connectivity index (χ1) is 9.64. The van der Waals surface area contributed by atoms with E-state index in [2.05, 4.69) is 22.9 Å². The number of piperidine rings is 1. The van der Waals surface area contributed by atoms with Crippen molar-refractivity contribution in [2.24, 2.45) is 5.41 Å². The van der Waals surface area contributed by atoms with Crippen molar-refractivity contribution in [2.75, 3.05) is 26.2 Å². The number of nitrogens with one attached hydrogen (secondary N) is 3. The Kier molecular flexibility index (Phi) is 7.59. The molecule has 1 aliphatic heterocycles. The van der Waals surface area contributed by atoms with Crippen LogP contribution in [0, 0.1) is 5.41 Å². The maximum absolute atomic E-state index is 12.4. The molecule has 0 atom stereocenters. The van der Waals surface area contributed by atoms with Crippen LogP contribution < -0.4 is 16.0 Å². The maximum Gasteiger partial charge on any atom is 0.226 e. The summed E-state index contributed by atoms with van der Waals surface area (Å²) in [5, 5.41) is 9.08. The molecule has 0 aliphatic carbocycles. The predicted octanol–water partition coefficient (Wildman–Crippen LogP) is 1.19. The average molecular weight is 283 g/mol. The molecule has 0 spiro atoms. The molecule has 5 heteroatoms. The Labute approximate surface area is 122 Å². The maximum atomic E-state index is 12.4. The van der Waals surface area contributed by atoms with Crippen molar-refractivity contribution in [3.8, 4) is 0 Å². The van der Waals surface area contributed by atoms with Crippen LogP contribution in [0.4, 0.5) is 0 Å². The van der Waals surface area contributed by atoms with Crippen molar-refractivity contribution in [1.29, 1.82) is 0 Å². The summed E-state index contributed by atoms with van der Waals surface area (Å²) in [4.78, 5) is 23.9. The smallest absolute Gasteiger partial charge is 0.226 e. The van der Waals surface area contributed by atoms with Crippen molar-refractivity contribution in [1.82, 2.24) is 16.0 Å². The fourth-order valence-electron chi connectivity index (χ4n) is 2.80. The van der Waals surface area contributed by atoms with Gasteiger partial charge in [-0.05, 0) is 38.8 Å². The number of rotatable bonds is 8. The molecule has 1 rings (SSSR count). The van der Waals surface area contributed by atoms with Crippen LogP contribution in [-0.2, 0) is 9.59 Å². The number of carbonyl (C=O) groups is 2. The van der Waals surface area contributed by atoms with Gasteiger partial charge >= 0.3 is 0 Å². The second kappa shape index (κ2) is 8.95. The molecular weight excluding hydrogens is 254 g/mol. The van der Waals surface area contributed by atoms with E-state index in [4.69, 9.17) is 0 Å². The minimum atomic E-state index is -0.222. The standard InChI is InChI=1S/C15H29N3O2/c1-3-6-15(7-11-16-12-8-15)14(20)18-10-5-13(19)17-9-4-2/h16H,3-12H2,1-2H3,(H,17,19)(H,18,20). The summed E-state index contributed by atoms with van der Waals surface area (Å²) in [5.41, 5.74) is -0.222. The lowest BCUT2D eigenvalue weighted by Crippen LogP contribution is -2.48. The Balaban J connectivity index is 2.37. The van der Waals surface area contributed by atoms with Gasteiger partial charge in [-0.2, -0.15) is 0 Å². The number of carbonyl (C=O) groups excluding carboxylic acids is 2. The molecule has 1 heterocycles. The molecule has 0 radical (unpaired) electrons. The van der Waals surface area contributed by atoms with Crippen molar-refractivity contribution in [2.45, 2.75) is 52.4 Å². The van der Waals surface area contributed by atoms with Gasteiger partial charge in [0.2, 0.25) is 11.8 Å². The fourth-order valence-corrected chi connectivity index (χ4v) is 2.80. The van der Waals surface area contributed by atoms with E-state index in [1.54, 1.807) is 0 Å². The molecule has 0 unspecified atom stereocenters. The summed E-state index contributed by atoms with van der Waals surface area (Å²) < 4.78 is 0. The van der Waals surface area contributed by atoms with Gasteiger partial charge in [0, 0.05) is 19.5 Å². The average Bonchev–Trinajstić information content (AvgIpc) is 2.46. The summed E-state index contributed by atoms with van der Waals surface area (Å²) in [6.45, 7) is 7.10. The molecule has 3 N–H and O–H groups in total. The van der Waals surface area contributed by atoms with E-state index in [1.165, 1.54) is 0 Å². The molecule has 0 saturated carbocycles. The lowest BCUT2D eigenvalue weighted by Gasteiger charge is -2.36. The molecule has 20 heavy (non-hydrogen) atoms. The Bertz CT molecular complexity index is 307. The van der Waals surface area contributed by atoms with Crippen LogP contribution >= 0.6 is 0 Å². The van der Waals surface area contributed by atoms with E-state index < -0.39 is 0 Å². The zero-order chi connectivity index (χ0) is 14.8. The van der Waals surface area contributed by atoms with Gasteiger partial charge in [-0.3, -0.25) is 9.59 Å². The van der Waals surface area contributed by atoms with Gasteiger partial charge in [0.05, 0.1) is 5.41 Å². The molecule has 116 valence electrons. The van der Waals surface area contributed by atoms with E-state index in [-0.39, 0.29) is 17.2 Å². The summed E-state index contributed by atoms with van der Waals surface area (Å²) in [7, 11) is 0. The lowest BCUT2D eigenvalue weighted by atomic mass is 9.74. The molecule has 0 aromatic rings. The molecule has 2 amide bonds. The number of hydrogen-bond acceptors (Lipinski definition) is 3. The quantitative estimate of drug-likeness (QED) is 0.626. The monoisotopic (exact) mass is 283 g/mol. The number of hydrogen-bond donors (Lipinski definition) is 3. The highest BCUT2D eigenvalue weighted by atomic mass is 16.2. The third-order valence-corrected chi connectivity index (χ3v) is 3.98. The summed E-state index contributed by atoms with van der Waals surface area (Å²) in [6, 6.07) is 0. The highest BCUT2D eigenvalue weighted by Crippen LogP contribution is 2.34. The normalized spacial score (nSPS) is 17.5. The Hall–Kier alpha value is -1.10. The minimum Gasteiger partial charge on any atom is -0.356 e. The largest absolute Gasteiger partial charge is 0.356 e. The zero-order valence-corrected chi connectivity index (χ0v) is 12.9. The first kappa shape index (κ1) is 17.0. The molecule has 5 nitrogen and oxygen atoms in total. The molecule has 0 aromatic carbocycles. The third kappa shape index (κ3) is 5.12. The Morgan fingerprint density at radius 2 is 1.75 bits per heavy atom. The van der Waals surface area contributed by atoms with Gasteiger partial charge in [-0.15, -0.1) is 0 Å². The predicted molar refractivity (Wildman–Crippen MR) is 80.4 cm³/mol. The third-order valence-electron chi connectivity index (χ3n) is 3.98. The lowest BCUT2D eigenvalue weighted by molar-refractivity contribution is -0.133. The SMILES string of the molecule is CCCNC(=O)CCNC(=O)C1(CCC)CCNCC1. The summed E-state index contributed by atoms with van der Waals surface area (Å²) in [5.74, 6) is 0.145. The molecule has 0 aromatic heterocycles. The molecule has 0 bridgehead atoms. The molecule has 1 fully saturated rings. The van der Waals surface area contributed by atoms with Crippen LogP contribution in [0.1, 0.15) is 52.4 Å². The van der Waals surface area contributed by atoms with Gasteiger partial charge in [0.15, 0.2) is 0 Å². The van der Waals surface area contributed by atoms with E-state index in [9.17, 15) is 9.59 Å². The van der Waals surface area contributed by atoms with Crippen molar-refractivity contribution >= 4 is 11.8 Å². The van der Waals surface area contributed by atoms with Crippen LogP contribution in [0.15, 0.2) is 0 Å². The van der Waals surface area contributed by atoms with Crippen LogP contribution in [0.25, 0.3) is 0 Å². The van der Waals surface area contributed by atoms with Gasteiger partial charge in [0.1, 0.15) is 0 Å². The molecule has 1 saturated heterocycles. The Morgan fingerprint density at radius 3 is 2.35 bits per heavy atom. The van der Waals surface area contributed by atoms with Crippen LogP contribution in [-0.4, -0.2) is 38.0 Å². The zero-order valence-electron chi connectivity index (χ0n) is 12.9. The molecular formula is C15H29N3O2. The first-order valence-corrected chi connectivity index (χ1v) is 7.90. The van der Waals surface area contributed by atoms with E-state index in [0.29, 0.717) is 19.5 Å². The summed E-state index contributed by atoms with van der Waals surface area (Å²) >= 11 is 0. The van der Waals surface area contributed by atoms with Gasteiger partial charge in [0.25, 0.3) is 0 Å². The van der Waals surface area contributed by atoms with Crippen LogP contribution in [0.3, 0.4) is 0 Å².